The van der Waals surface area contributed by atoms with Crippen LogP contribution in [-0.4, -0.2) is 42.5 Å². The maximum absolute atomic E-state index is 13.1. The normalized spacial score (nSPS) is 15.8. The third kappa shape index (κ3) is 4.49. The zero-order chi connectivity index (χ0) is 22.9. The lowest BCUT2D eigenvalue weighted by molar-refractivity contribution is 0.0993. The quantitative estimate of drug-likeness (QED) is 0.581. The summed E-state index contributed by atoms with van der Waals surface area (Å²) in [6.07, 6.45) is 3.20. The standard InChI is InChI=1S/C23H25FN3O4S/c1-2-32(29,30)27-9-7-16(8-10-27)21-13-26-22-19(21)11-18(12-20(22)23(25)28)31-14-15-3-5-17(24)6-4-15/h3-6,11-13,16,25-26H,2,7-10,14H2,1H3. The molecule has 9 heteroatoms. The fraction of sp³-hybridized carbons (Fsp3) is 0.348. The van der Waals surface area contributed by atoms with Crippen LogP contribution in [0.15, 0.2) is 42.6 Å². The lowest BCUT2D eigenvalue weighted by atomic mass is 9.89. The van der Waals surface area contributed by atoms with Gasteiger partial charge in [0.2, 0.25) is 10.0 Å². The van der Waals surface area contributed by atoms with Crippen LogP contribution in [0.3, 0.4) is 0 Å². The summed E-state index contributed by atoms with van der Waals surface area (Å²) < 4.78 is 44.8. The zero-order valence-corrected chi connectivity index (χ0v) is 18.5. The number of hydrogen-bond acceptors (Lipinski definition) is 4. The van der Waals surface area contributed by atoms with Crippen molar-refractivity contribution in [1.29, 1.82) is 0 Å². The number of hydrogen-bond donors (Lipinski definition) is 1. The number of halogens is 1. The Morgan fingerprint density at radius 3 is 2.53 bits per heavy atom. The van der Waals surface area contributed by atoms with Gasteiger partial charge in [0, 0.05) is 24.7 Å². The number of benzene rings is 2. The first-order valence-corrected chi connectivity index (χ1v) is 12.2. The average molecular weight is 459 g/mol. The first kappa shape index (κ1) is 22.3. The molecule has 1 amide bonds. The molecule has 0 saturated carbocycles. The lowest BCUT2D eigenvalue weighted by Gasteiger charge is -2.30. The Balaban J connectivity index is 1.60. The molecule has 3 aromatic rings. The number of H-pyrrole nitrogens is 1. The summed E-state index contributed by atoms with van der Waals surface area (Å²) in [5.74, 6) is -0.474. The van der Waals surface area contributed by atoms with Crippen LogP contribution >= 0.6 is 0 Å². The van der Waals surface area contributed by atoms with Gasteiger partial charge in [0.1, 0.15) is 18.2 Å². The fourth-order valence-electron chi connectivity index (χ4n) is 4.20. The highest BCUT2D eigenvalue weighted by atomic mass is 32.2. The highest BCUT2D eigenvalue weighted by molar-refractivity contribution is 7.89. The number of nitrogens with zero attached hydrogens (tertiary/aromatic N) is 1. The van der Waals surface area contributed by atoms with E-state index in [-0.39, 0.29) is 29.7 Å². The van der Waals surface area contributed by atoms with E-state index >= 15 is 0 Å². The first-order valence-electron chi connectivity index (χ1n) is 10.5. The Kier molecular flexibility index (Phi) is 6.21. The van der Waals surface area contributed by atoms with Crippen LogP contribution in [0.2, 0.25) is 0 Å². The summed E-state index contributed by atoms with van der Waals surface area (Å²) in [5.41, 5.74) is 10.2. The second-order valence-electron chi connectivity index (χ2n) is 7.96. The molecule has 32 heavy (non-hydrogen) atoms. The van der Waals surface area contributed by atoms with E-state index in [4.69, 9.17) is 10.5 Å². The highest BCUT2D eigenvalue weighted by Gasteiger charge is 2.29. The fourth-order valence-corrected chi connectivity index (χ4v) is 5.33. The summed E-state index contributed by atoms with van der Waals surface area (Å²) in [6, 6.07) is 9.35. The molecule has 0 aliphatic carbocycles. The molecule has 2 aromatic carbocycles. The molecule has 4 rings (SSSR count). The number of aromatic amines is 1. The Hall–Kier alpha value is -2.91. The number of carbonyl (C=O) groups is 1. The van der Waals surface area contributed by atoms with Crippen LogP contribution in [0.4, 0.5) is 4.39 Å². The van der Waals surface area contributed by atoms with Crippen LogP contribution < -0.4 is 10.5 Å². The molecule has 7 nitrogen and oxygen atoms in total. The molecule has 0 atom stereocenters. The van der Waals surface area contributed by atoms with E-state index < -0.39 is 15.9 Å². The molecule has 0 bridgehead atoms. The van der Waals surface area contributed by atoms with Crippen molar-refractivity contribution in [3.8, 4) is 5.75 Å². The summed E-state index contributed by atoms with van der Waals surface area (Å²) in [5, 5.41) is 0.800. The Morgan fingerprint density at radius 1 is 1.22 bits per heavy atom. The second-order valence-corrected chi connectivity index (χ2v) is 10.2. The molecule has 169 valence electrons. The molecular weight excluding hydrogens is 433 g/mol. The van der Waals surface area contributed by atoms with E-state index in [1.165, 1.54) is 22.5 Å². The largest absolute Gasteiger partial charge is 0.489 e. The minimum atomic E-state index is -3.20. The van der Waals surface area contributed by atoms with Crippen molar-refractivity contribution in [2.24, 2.45) is 0 Å². The molecule has 2 heterocycles. The van der Waals surface area contributed by atoms with Gasteiger partial charge in [-0.05, 0) is 61.1 Å². The van der Waals surface area contributed by atoms with Gasteiger partial charge in [-0.3, -0.25) is 10.5 Å². The average Bonchev–Trinajstić information content (AvgIpc) is 3.22. The number of ether oxygens (including phenoxy) is 1. The van der Waals surface area contributed by atoms with E-state index in [1.807, 2.05) is 12.3 Å². The first-order chi connectivity index (χ1) is 15.3. The van der Waals surface area contributed by atoms with Crippen LogP contribution in [0.1, 0.15) is 47.2 Å². The summed E-state index contributed by atoms with van der Waals surface area (Å²) >= 11 is 0. The van der Waals surface area contributed by atoms with Gasteiger partial charge in [-0.1, -0.05) is 12.1 Å². The monoisotopic (exact) mass is 458 g/mol. The Bertz CT molecular complexity index is 1230. The van der Waals surface area contributed by atoms with Crippen LogP contribution in [0.5, 0.6) is 5.75 Å². The van der Waals surface area contributed by atoms with Gasteiger partial charge in [0.15, 0.2) is 0 Å². The number of fused-ring (bicyclic) bond motifs is 1. The van der Waals surface area contributed by atoms with Crippen molar-refractivity contribution < 1.29 is 22.3 Å². The zero-order valence-electron chi connectivity index (χ0n) is 17.7. The smallest absolute Gasteiger partial charge is 0.271 e. The number of rotatable bonds is 7. The number of carbonyl (C=O) groups excluding carboxylic acids is 1. The van der Waals surface area contributed by atoms with Crippen molar-refractivity contribution in [2.75, 3.05) is 18.8 Å². The Morgan fingerprint density at radius 2 is 1.91 bits per heavy atom. The summed E-state index contributed by atoms with van der Waals surface area (Å²) in [6.45, 7) is 2.76. The predicted molar refractivity (Wildman–Crippen MR) is 119 cm³/mol. The van der Waals surface area contributed by atoms with Gasteiger partial charge in [0.25, 0.3) is 5.91 Å². The molecular formula is C23H25FN3O4S. The van der Waals surface area contributed by atoms with Gasteiger partial charge < -0.3 is 9.72 Å². The van der Waals surface area contributed by atoms with Crippen LogP contribution in [0.25, 0.3) is 10.9 Å². The maximum atomic E-state index is 13.1. The number of sulfonamides is 1. The van der Waals surface area contributed by atoms with Gasteiger partial charge in [-0.2, -0.15) is 0 Å². The number of piperidine rings is 1. The minimum absolute atomic E-state index is 0.0917. The molecule has 1 aliphatic rings. The molecule has 1 aromatic heterocycles. The summed E-state index contributed by atoms with van der Waals surface area (Å²) in [7, 11) is -3.20. The molecule has 1 saturated heterocycles. The SMILES string of the molecule is CCS(=O)(=O)N1CCC(c2c[nH]c3c(C([NH])=O)cc(OCc4ccc(F)cc4)cc23)CC1. The minimum Gasteiger partial charge on any atom is -0.489 e. The van der Waals surface area contributed by atoms with Crippen molar-refractivity contribution in [3.05, 3.63) is 65.1 Å². The van der Waals surface area contributed by atoms with E-state index in [0.29, 0.717) is 37.2 Å². The molecule has 1 aliphatic heterocycles. The van der Waals surface area contributed by atoms with E-state index in [2.05, 4.69) is 4.98 Å². The summed E-state index contributed by atoms with van der Waals surface area (Å²) in [4.78, 5) is 15.1. The molecule has 1 radical (unpaired) electrons. The second kappa shape index (κ2) is 8.91. The number of amides is 1. The van der Waals surface area contributed by atoms with Crippen LogP contribution in [0, 0.1) is 5.82 Å². The molecule has 2 N–H and O–H groups in total. The van der Waals surface area contributed by atoms with E-state index in [0.717, 1.165) is 16.5 Å². The molecule has 0 spiro atoms. The van der Waals surface area contributed by atoms with Gasteiger partial charge in [0.05, 0.1) is 16.8 Å². The van der Waals surface area contributed by atoms with Crippen molar-refractivity contribution in [3.63, 3.8) is 0 Å². The van der Waals surface area contributed by atoms with Gasteiger partial charge >= 0.3 is 0 Å². The van der Waals surface area contributed by atoms with Gasteiger partial charge in [-0.15, -0.1) is 0 Å². The topological polar surface area (TPSA) is 103 Å². The maximum Gasteiger partial charge on any atom is 0.271 e. The third-order valence-electron chi connectivity index (χ3n) is 6.01. The van der Waals surface area contributed by atoms with Crippen molar-refractivity contribution >= 4 is 26.8 Å². The lowest BCUT2D eigenvalue weighted by Crippen LogP contribution is -2.38. The highest BCUT2D eigenvalue weighted by Crippen LogP contribution is 2.37. The van der Waals surface area contributed by atoms with Crippen LogP contribution in [-0.2, 0) is 16.6 Å². The molecule has 0 unspecified atom stereocenters. The molecule has 1 fully saturated rings. The van der Waals surface area contributed by atoms with E-state index in [9.17, 15) is 17.6 Å². The van der Waals surface area contributed by atoms with Crippen molar-refractivity contribution in [1.82, 2.24) is 15.0 Å². The number of aromatic nitrogens is 1. The third-order valence-corrected chi connectivity index (χ3v) is 7.89. The van der Waals surface area contributed by atoms with Crippen molar-refractivity contribution in [2.45, 2.75) is 32.3 Å². The van der Waals surface area contributed by atoms with Gasteiger partial charge in [-0.25, -0.2) is 17.1 Å². The van der Waals surface area contributed by atoms with E-state index in [1.54, 1.807) is 19.1 Å². The Labute approximate surface area is 186 Å². The number of nitrogens with one attached hydrogen (secondary N) is 2. The predicted octanol–water partition coefficient (Wildman–Crippen LogP) is 3.84.